The third-order valence-corrected chi connectivity index (χ3v) is 5.92. The van der Waals surface area contributed by atoms with Crippen molar-refractivity contribution in [2.45, 2.75) is 50.4 Å². The van der Waals surface area contributed by atoms with Gasteiger partial charge in [-0.2, -0.15) is 0 Å². The first-order valence-corrected chi connectivity index (χ1v) is 8.35. The molecule has 3 aliphatic rings. The topological polar surface area (TPSA) is 58.6 Å². The van der Waals surface area contributed by atoms with E-state index < -0.39 is 6.10 Å². The van der Waals surface area contributed by atoms with E-state index in [0.29, 0.717) is 12.0 Å². The lowest BCUT2D eigenvalue weighted by Gasteiger charge is -2.63. The lowest BCUT2D eigenvalue weighted by molar-refractivity contribution is -0.179. The van der Waals surface area contributed by atoms with E-state index in [2.05, 4.69) is 5.32 Å². The molecule has 1 saturated heterocycles. The highest BCUT2D eigenvalue weighted by molar-refractivity contribution is 5.77. The molecule has 2 aliphatic carbocycles. The molecule has 118 valence electrons. The number of hydrogen-bond donors (Lipinski definition) is 2. The number of carbonyl (C=O) groups is 1. The molecule has 22 heavy (non-hydrogen) atoms. The van der Waals surface area contributed by atoms with Gasteiger partial charge in [0, 0.05) is 24.0 Å². The second-order valence-electron chi connectivity index (χ2n) is 7.01. The fourth-order valence-electron chi connectivity index (χ4n) is 4.66. The maximum Gasteiger partial charge on any atom is 0.223 e. The van der Waals surface area contributed by atoms with Gasteiger partial charge in [0.1, 0.15) is 0 Å². The first kappa shape index (κ1) is 14.2. The number of hydrogen-bond acceptors (Lipinski definition) is 3. The van der Waals surface area contributed by atoms with Crippen LogP contribution in [0, 0.1) is 11.3 Å². The summed E-state index contributed by atoms with van der Waals surface area (Å²) in [6.45, 7) is 0.829. The maximum atomic E-state index is 12.3. The number of ether oxygens (including phenoxy) is 1. The zero-order valence-corrected chi connectivity index (χ0v) is 12.7. The van der Waals surface area contributed by atoms with Crippen LogP contribution in [0.4, 0.5) is 0 Å². The molecule has 4 rings (SSSR count). The smallest absolute Gasteiger partial charge is 0.223 e. The number of carbonyl (C=O) groups excluding carboxylic acids is 1. The van der Waals surface area contributed by atoms with Gasteiger partial charge in [-0.15, -0.1) is 0 Å². The average molecular weight is 301 g/mol. The molecule has 0 bridgehead atoms. The molecule has 0 radical (unpaired) electrons. The molecule has 4 heteroatoms. The van der Waals surface area contributed by atoms with E-state index >= 15 is 0 Å². The van der Waals surface area contributed by atoms with Gasteiger partial charge in [-0.05, 0) is 24.8 Å². The Morgan fingerprint density at radius 3 is 2.82 bits per heavy atom. The summed E-state index contributed by atoms with van der Waals surface area (Å²) in [6, 6.07) is 9.64. The number of fused-ring (bicyclic) bond motifs is 2. The van der Waals surface area contributed by atoms with E-state index in [1.165, 1.54) is 19.3 Å². The molecule has 0 aromatic heterocycles. The highest BCUT2D eigenvalue weighted by atomic mass is 16.5. The normalized spacial score (nSPS) is 32.7. The van der Waals surface area contributed by atoms with Gasteiger partial charge in [-0.3, -0.25) is 4.79 Å². The van der Waals surface area contributed by atoms with Crippen molar-refractivity contribution < 1.29 is 14.6 Å². The third-order valence-electron chi connectivity index (χ3n) is 5.92. The number of aliphatic hydroxyl groups excluding tert-OH is 1. The number of rotatable bonds is 4. The lowest BCUT2D eigenvalue weighted by atomic mass is 9.46. The Kier molecular flexibility index (Phi) is 3.46. The fourth-order valence-corrected chi connectivity index (χ4v) is 4.66. The van der Waals surface area contributed by atoms with Gasteiger partial charge in [0.15, 0.2) is 0 Å². The Bertz CT molecular complexity index is 555. The van der Waals surface area contributed by atoms with Crippen molar-refractivity contribution in [3.05, 3.63) is 35.9 Å². The number of aliphatic hydroxyl groups is 1. The Labute approximate surface area is 130 Å². The molecule has 4 unspecified atom stereocenters. The molecule has 1 aromatic carbocycles. The van der Waals surface area contributed by atoms with Crippen LogP contribution >= 0.6 is 0 Å². The van der Waals surface area contributed by atoms with Crippen LogP contribution in [0.2, 0.25) is 0 Å². The minimum atomic E-state index is -0.728. The van der Waals surface area contributed by atoms with Gasteiger partial charge >= 0.3 is 0 Å². The zero-order valence-electron chi connectivity index (χ0n) is 12.7. The van der Waals surface area contributed by atoms with E-state index in [1.807, 2.05) is 30.3 Å². The predicted molar refractivity (Wildman–Crippen MR) is 82.1 cm³/mol. The molecule has 2 N–H and O–H groups in total. The van der Waals surface area contributed by atoms with Crippen molar-refractivity contribution in [2.75, 3.05) is 6.61 Å². The Hall–Kier alpha value is -1.39. The minimum absolute atomic E-state index is 0.0435. The third kappa shape index (κ3) is 2.09. The summed E-state index contributed by atoms with van der Waals surface area (Å²) in [5.74, 6) is 0.441. The molecule has 4 atom stereocenters. The number of nitrogens with one attached hydrogen (secondary N) is 1. The number of benzene rings is 1. The summed E-state index contributed by atoms with van der Waals surface area (Å²) < 4.78 is 5.87. The van der Waals surface area contributed by atoms with Gasteiger partial charge in [-0.25, -0.2) is 0 Å². The maximum absolute atomic E-state index is 12.3. The van der Waals surface area contributed by atoms with Crippen molar-refractivity contribution in [1.29, 1.82) is 0 Å². The van der Waals surface area contributed by atoms with Crippen LogP contribution in [-0.2, 0) is 9.53 Å². The molecular formula is C18H23NO3. The van der Waals surface area contributed by atoms with Crippen LogP contribution in [0.5, 0.6) is 0 Å². The van der Waals surface area contributed by atoms with E-state index in [0.717, 1.165) is 18.6 Å². The standard InChI is InChI=1S/C18H23NO3/c20-14(12-5-2-1-3-6-12)11-15(21)19-16-13-7-10-22-17(13)18(16)8-4-9-18/h1-3,5-6,13-14,16-17,20H,4,7-11H2,(H,19,21). The Morgan fingerprint density at radius 2 is 2.14 bits per heavy atom. The van der Waals surface area contributed by atoms with Gasteiger partial charge in [-0.1, -0.05) is 36.8 Å². The van der Waals surface area contributed by atoms with Crippen molar-refractivity contribution in [2.24, 2.45) is 11.3 Å². The second-order valence-corrected chi connectivity index (χ2v) is 7.01. The van der Waals surface area contributed by atoms with Crippen molar-refractivity contribution >= 4 is 5.91 Å². The van der Waals surface area contributed by atoms with Gasteiger partial charge in [0.2, 0.25) is 5.91 Å². The highest BCUT2D eigenvalue weighted by Gasteiger charge is 2.66. The molecule has 1 aromatic rings. The molecule has 4 nitrogen and oxygen atoms in total. The first-order valence-electron chi connectivity index (χ1n) is 8.35. The summed E-state index contributed by atoms with van der Waals surface area (Å²) in [7, 11) is 0. The highest BCUT2D eigenvalue weighted by Crippen LogP contribution is 2.62. The molecule has 1 heterocycles. The molecular weight excluding hydrogens is 278 g/mol. The summed E-state index contributed by atoms with van der Waals surface area (Å²) >= 11 is 0. The molecule has 3 fully saturated rings. The van der Waals surface area contributed by atoms with E-state index in [4.69, 9.17) is 4.74 Å². The second kappa shape index (κ2) is 5.36. The number of amides is 1. The zero-order chi connectivity index (χ0) is 15.2. The van der Waals surface area contributed by atoms with E-state index in [1.54, 1.807) is 0 Å². The van der Waals surface area contributed by atoms with Crippen LogP contribution in [0.1, 0.15) is 43.8 Å². The Balaban J connectivity index is 1.38. The van der Waals surface area contributed by atoms with E-state index in [9.17, 15) is 9.90 Å². The van der Waals surface area contributed by atoms with Crippen molar-refractivity contribution in [3.8, 4) is 0 Å². The summed E-state index contributed by atoms with van der Waals surface area (Å²) in [4.78, 5) is 12.3. The molecule has 1 spiro atoms. The first-order chi connectivity index (χ1) is 10.7. The Morgan fingerprint density at radius 1 is 1.36 bits per heavy atom. The van der Waals surface area contributed by atoms with Crippen LogP contribution < -0.4 is 5.32 Å². The predicted octanol–water partition coefficient (Wildman–Crippen LogP) is 2.18. The largest absolute Gasteiger partial charge is 0.388 e. The summed E-state index contributed by atoms with van der Waals surface area (Å²) in [6.07, 6.45) is 4.40. The average Bonchev–Trinajstić information content (AvgIpc) is 2.89. The molecule has 2 saturated carbocycles. The SMILES string of the molecule is O=C(CC(O)c1ccccc1)NC1C2CCOC2C12CCC2. The van der Waals surface area contributed by atoms with Gasteiger partial charge in [0.25, 0.3) is 0 Å². The lowest BCUT2D eigenvalue weighted by Crippen LogP contribution is -2.71. The monoisotopic (exact) mass is 301 g/mol. The minimum Gasteiger partial charge on any atom is -0.388 e. The summed E-state index contributed by atoms with van der Waals surface area (Å²) in [5, 5.41) is 13.4. The van der Waals surface area contributed by atoms with Crippen LogP contribution in [0.25, 0.3) is 0 Å². The van der Waals surface area contributed by atoms with Crippen LogP contribution in [0.15, 0.2) is 30.3 Å². The van der Waals surface area contributed by atoms with Gasteiger partial charge < -0.3 is 15.2 Å². The molecule has 1 amide bonds. The van der Waals surface area contributed by atoms with Crippen molar-refractivity contribution in [1.82, 2.24) is 5.32 Å². The fraction of sp³-hybridized carbons (Fsp3) is 0.611. The summed E-state index contributed by atoms with van der Waals surface area (Å²) in [5.41, 5.74) is 1.00. The quantitative estimate of drug-likeness (QED) is 0.896. The van der Waals surface area contributed by atoms with E-state index in [-0.39, 0.29) is 23.8 Å². The van der Waals surface area contributed by atoms with Gasteiger partial charge in [0.05, 0.1) is 18.6 Å². The van der Waals surface area contributed by atoms with Crippen LogP contribution in [-0.4, -0.2) is 29.8 Å². The molecule has 1 aliphatic heterocycles. The van der Waals surface area contributed by atoms with Crippen molar-refractivity contribution in [3.63, 3.8) is 0 Å². The van der Waals surface area contributed by atoms with Crippen LogP contribution in [0.3, 0.4) is 0 Å².